The average Bonchev–Trinajstić information content (AvgIpc) is 3.31. The van der Waals surface area contributed by atoms with Crippen LogP contribution < -0.4 is 0 Å². The molecule has 8 heteroatoms. The van der Waals surface area contributed by atoms with Gasteiger partial charge >= 0.3 is 7.60 Å². The Kier molecular flexibility index (Phi) is 9.02. The molecule has 0 aromatic carbocycles. The van der Waals surface area contributed by atoms with Crippen LogP contribution in [-0.4, -0.2) is 46.8 Å². The molecule has 5 fully saturated rings. The molecule has 42 heavy (non-hydrogen) atoms. The SMILES string of the molecule is CC[C@@H]1C2C[C@H](O)CC[C@]2(C)C2CC[C@@]3(C)C(CC[C@@H]3[C@H](C)CCO[P@]3(=O)C[C@H](c4ccnc(Cl)c4)CCO3)C2[C@@H]1O. The highest BCUT2D eigenvalue weighted by atomic mass is 35.5. The van der Waals surface area contributed by atoms with Gasteiger partial charge in [-0.2, -0.15) is 0 Å². The minimum absolute atomic E-state index is 0.106. The monoisotopic (exact) mass is 621 g/mol. The van der Waals surface area contributed by atoms with Gasteiger partial charge in [-0.1, -0.05) is 45.7 Å². The fourth-order valence-corrected chi connectivity index (χ4v) is 13.5. The number of aromatic nitrogens is 1. The first-order valence-corrected chi connectivity index (χ1v) is 19.0. The third-order valence-corrected chi connectivity index (χ3v) is 15.7. The smallest absolute Gasteiger partial charge is 0.331 e. The molecule has 0 bridgehead atoms. The lowest BCUT2D eigenvalue weighted by Crippen LogP contribution is -2.62. The minimum atomic E-state index is -3.16. The quantitative estimate of drug-likeness (QED) is 0.236. The highest BCUT2D eigenvalue weighted by Crippen LogP contribution is 2.69. The number of nitrogens with zero attached hydrogens (tertiary/aromatic N) is 1. The fourth-order valence-electron chi connectivity index (χ4n) is 11.3. The molecule has 4 saturated carbocycles. The number of aliphatic hydroxyl groups is 2. The van der Waals surface area contributed by atoms with Gasteiger partial charge in [0.1, 0.15) is 5.15 Å². The molecule has 0 spiro atoms. The second-order valence-electron chi connectivity index (χ2n) is 15.2. The first-order valence-electron chi connectivity index (χ1n) is 16.8. The summed E-state index contributed by atoms with van der Waals surface area (Å²) >= 11 is 6.11. The Bertz CT molecular complexity index is 1170. The first kappa shape index (κ1) is 31.5. The van der Waals surface area contributed by atoms with Gasteiger partial charge in [0, 0.05) is 6.20 Å². The summed E-state index contributed by atoms with van der Waals surface area (Å²) in [6.45, 7) is 10.5. The molecule has 2 N–H and O–H groups in total. The van der Waals surface area contributed by atoms with Crippen molar-refractivity contribution in [3.05, 3.63) is 29.0 Å². The summed E-state index contributed by atoms with van der Waals surface area (Å²) < 4.78 is 25.4. The van der Waals surface area contributed by atoms with Crippen molar-refractivity contribution in [1.29, 1.82) is 0 Å². The summed E-state index contributed by atoms with van der Waals surface area (Å²) in [5, 5.41) is 23.0. The van der Waals surface area contributed by atoms with Crippen LogP contribution in [0.3, 0.4) is 0 Å². The molecule has 0 radical (unpaired) electrons. The zero-order valence-electron chi connectivity index (χ0n) is 26.1. The molecule has 0 amide bonds. The molecule has 4 unspecified atom stereocenters. The summed E-state index contributed by atoms with van der Waals surface area (Å²) in [4.78, 5) is 4.08. The number of pyridine rings is 1. The van der Waals surface area contributed by atoms with Crippen LogP contribution in [0.25, 0.3) is 0 Å². The van der Waals surface area contributed by atoms with E-state index in [2.05, 4.69) is 32.7 Å². The molecular formula is C34H53ClNO5P. The predicted octanol–water partition coefficient (Wildman–Crippen LogP) is 8.10. The van der Waals surface area contributed by atoms with Gasteiger partial charge in [-0.25, -0.2) is 4.98 Å². The van der Waals surface area contributed by atoms with Crippen LogP contribution in [0.15, 0.2) is 18.3 Å². The van der Waals surface area contributed by atoms with Gasteiger partial charge in [0.15, 0.2) is 0 Å². The molecule has 6 nitrogen and oxygen atoms in total. The van der Waals surface area contributed by atoms with E-state index in [1.165, 1.54) is 25.7 Å². The number of aliphatic hydroxyl groups excluding tert-OH is 2. The molecule has 1 aromatic rings. The van der Waals surface area contributed by atoms with Crippen LogP contribution >= 0.6 is 19.2 Å². The predicted molar refractivity (Wildman–Crippen MR) is 167 cm³/mol. The van der Waals surface area contributed by atoms with E-state index >= 15 is 0 Å². The number of rotatable bonds is 7. The molecule has 1 aliphatic heterocycles. The van der Waals surface area contributed by atoms with Crippen molar-refractivity contribution in [2.75, 3.05) is 19.4 Å². The van der Waals surface area contributed by atoms with Gasteiger partial charge in [0.2, 0.25) is 0 Å². The van der Waals surface area contributed by atoms with Crippen molar-refractivity contribution in [3.8, 4) is 0 Å². The number of fused-ring (bicyclic) bond motifs is 5. The van der Waals surface area contributed by atoms with Crippen LogP contribution in [0.2, 0.25) is 5.15 Å². The fraction of sp³-hybridized carbons (Fsp3) is 0.853. The summed E-state index contributed by atoms with van der Waals surface area (Å²) in [6, 6.07) is 3.81. The maximum absolute atomic E-state index is 13.6. The Morgan fingerprint density at radius 1 is 1.12 bits per heavy atom. The molecule has 2 heterocycles. The zero-order chi connectivity index (χ0) is 29.9. The summed E-state index contributed by atoms with van der Waals surface area (Å²) in [5.74, 6) is 3.33. The molecule has 4 aliphatic carbocycles. The molecule has 5 aliphatic rings. The van der Waals surface area contributed by atoms with Crippen LogP contribution in [0.4, 0.5) is 0 Å². The van der Waals surface area contributed by atoms with Crippen molar-refractivity contribution in [3.63, 3.8) is 0 Å². The summed E-state index contributed by atoms with van der Waals surface area (Å²) in [7, 11) is -3.16. The molecule has 6 rings (SSSR count). The summed E-state index contributed by atoms with van der Waals surface area (Å²) in [5.41, 5.74) is 1.50. The largest absolute Gasteiger partial charge is 0.393 e. The maximum atomic E-state index is 13.6. The Morgan fingerprint density at radius 3 is 2.64 bits per heavy atom. The topological polar surface area (TPSA) is 88.9 Å². The van der Waals surface area contributed by atoms with Crippen molar-refractivity contribution in [2.24, 2.45) is 52.3 Å². The van der Waals surface area contributed by atoms with Crippen LogP contribution in [-0.2, 0) is 13.6 Å². The maximum Gasteiger partial charge on any atom is 0.331 e. The van der Waals surface area contributed by atoms with Gasteiger partial charge < -0.3 is 19.3 Å². The second kappa shape index (κ2) is 12.0. The molecule has 1 aromatic heterocycles. The third kappa shape index (κ3) is 5.47. The van der Waals surface area contributed by atoms with Crippen LogP contribution in [0, 0.1) is 52.3 Å². The van der Waals surface area contributed by atoms with E-state index in [0.717, 1.165) is 44.1 Å². The Balaban J connectivity index is 1.10. The van der Waals surface area contributed by atoms with E-state index in [-0.39, 0.29) is 34.9 Å². The standard InChI is InChI=1S/C34H53ClNO5P/c1-5-25-29-19-24(37)8-13-34(29,4)28-9-14-33(3)26(6-7-27(33)31(28)32(25)38)21(2)11-16-40-42(39)20-23(12-17-41-42)22-10-15-36-30(35)18-22/h10,15,18,21,23-29,31-32,37-38H,5-9,11-14,16-17,19-20H2,1-4H3/t21-,23-,24-,25-,26-,27?,28?,29?,31?,32-,33-,34-,42-/m1/s1. The third-order valence-electron chi connectivity index (χ3n) is 13.4. The number of hydrogen-bond donors (Lipinski definition) is 2. The lowest BCUT2D eigenvalue weighted by molar-refractivity contribution is -0.203. The van der Waals surface area contributed by atoms with E-state index in [4.69, 9.17) is 20.6 Å². The first-order chi connectivity index (χ1) is 20.0. The lowest BCUT2D eigenvalue weighted by atomic mass is 9.41. The highest BCUT2D eigenvalue weighted by molar-refractivity contribution is 7.53. The van der Waals surface area contributed by atoms with Crippen LogP contribution in [0.1, 0.15) is 103 Å². The van der Waals surface area contributed by atoms with Crippen LogP contribution in [0.5, 0.6) is 0 Å². The Hall–Kier alpha value is -0.490. The Labute approximate surface area is 258 Å². The van der Waals surface area contributed by atoms with Crippen molar-refractivity contribution in [1.82, 2.24) is 4.98 Å². The molecule has 236 valence electrons. The van der Waals surface area contributed by atoms with Gasteiger partial charge in [-0.05, 0) is 134 Å². The number of hydrogen-bond acceptors (Lipinski definition) is 6. The highest BCUT2D eigenvalue weighted by Gasteiger charge is 2.64. The molecule has 13 atom stereocenters. The minimum Gasteiger partial charge on any atom is -0.393 e. The second-order valence-corrected chi connectivity index (χ2v) is 17.7. The normalized spacial score (nSPS) is 47.7. The van der Waals surface area contributed by atoms with Crippen molar-refractivity contribution >= 4 is 19.2 Å². The van der Waals surface area contributed by atoms with Crippen molar-refractivity contribution < 1.29 is 23.8 Å². The van der Waals surface area contributed by atoms with Gasteiger partial charge in [0.05, 0.1) is 31.6 Å². The Morgan fingerprint density at radius 2 is 1.88 bits per heavy atom. The average molecular weight is 622 g/mol. The zero-order valence-corrected chi connectivity index (χ0v) is 27.7. The molecular weight excluding hydrogens is 569 g/mol. The van der Waals surface area contributed by atoms with Gasteiger partial charge in [0.25, 0.3) is 0 Å². The van der Waals surface area contributed by atoms with E-state index in [1.807, 2.05) is 12.1 Å². The lowest BCUT2D eigenvalue weighted by Gasteiger charge is -2.64. The van der Waals surface area contributed by atoms with Crippen molar-refractivity contribution in [2.45, 2.75) is 110 Å². The molecule has 1 saturated heterocycles. The van der Waals surface area contributed by atoms with Gasteiger partial charge in [-0.15, -0.1) is 0 Å². The van der Waals surface area contributed by atoms with E-state index in [1.54, 1.807) is 6.20 Å². The number of halogens is 1. The van der Waals surface area contributed by atoms with E-state index < -0.39 is 7.60 Å². The van der Waals surface area contributed by atoms with Gasteiger partial charge in [-0.3, -0.25) is 4.57 Å². The summed E-state index contributed by atoms with van der Waals surface area (Å²) in [6.07, 6.45) is 12.0. The van der Waals surface area contributed by atoms with E-state index in [0.29, 0.717) is 60.0 Å². The van der Waals surface area contributed by atoms with E-state index in [9.17, 15) is 14.8 Å².